The Morgan fingerprint density at radius 2 is 1.04 bits per heavy atom. The normalized spacial score (nSPS) is 10.7. The number of carbonyl (C=O) groups excluding carboxylic acids is 1. The summed E-state index contributed by atoms with van der Waals surface area (Å²) >= 11 is 0. The number of rotatable bonds is 17. The van der Waals surface area contributed by atoms with Crippen molar-refractivity contribution in [1.82, 2.24) is 9.80 Å². The summed E-state index contributed by atoms with van der Waals surface area (Å²) in [7, 11) is 3.74. The zero-order valence-corrected chi connectivity index (χ0v) is 17.5. The van der Waals surface area contributed by atoms with Gasteiger partial charge in [-0.05, 0) is 19.8 Å². The number of unbranched alkanes of at least 4 members (excludes halogenated alkanes) is 12. The number of aliphatic carboxylic acids is 1. The van der Waals surface area contributed by atoms with Crippen LogP contribution in [0.4, 0.5) is 4.79 Å². The monoisotopic (exact) mass is 370 g/mol. The molecule has 2 amide bonds. The molecule has 0 aliphatic heterocycles. The molecule has 0 aliphatic carbocycles. The van der Waals surface area contributed by atoms with Crippen molar-refractivity contribution in [2.75, 3.05) is 27.2 Å². The lowest BCUT2D eigenvalue weighted by Crippen LogP contribution is -2.39. The van der Waals surface area contributed by atoms with Crippen LogP contribution >= 0.6 is 0 Å². The van der Waals surface area contributed by atoms with Crippen LogP contribution in [0.5, 0.6) is 0 Å². The van der Waals surface area contributed by atoms with Crippen LogP contribution in [0.1, 0.15) is 96.8 Å². The van der Waals surface area contributed by atoms with Gasteiger partial charge in [-0.25, -0.2) is 4.79 Å². The topological polar surface area (TPSA) is 60.9 Å². The van der Waals surface area contributed by atoms with Gasteiger partial charge in [-0.2, -0.15) is 0 Å². The maximum atomic E-state index is 11.9. The van der Waals surface area contributed by atoms with Crippen LogP contribution in [0.15, 0.2) is 0 Å². The highest BCUT2D eigenvalue weighted by atomic mass is 16.4. The number of carboxylic acids is 1. The lowest BCUT2D eigenvalue weighted by molar-refractivity contribution is -0.137. The van der Waals surface area contributed by atoms with Gasteiger partial charge in [-0.15, -0.1) is 0 Å². The van der Waals surface area contributed by atoms with Gasteiger partial charge in [0.1, 0.15) is 0 Å². The van der Waals surface area contributed by atoms with E-state index in [0.29, 0.717) is 6.42 Å². The summed E-state index contributed by atoms with van der Waals surface area (Å²) in [6.07, 6.45) is 16.1. The maximum Gasteiger partial charge on any atom is 0.319 e. The van der Waals surface area contributed by atoms with Crippen molar-refractivity contribution in [2.45, 2.75) is 96.8 Å². The molecule has 5 nitrogen and oxygen atoms in total. The molecule has 0 saturated heterocycles. The lowest BCUT2D eigenvalue weighted by atomic mass is 10.0. The SMILES string of the molecule is CCN(C)C(=O)N(C)CCCCCCCCCCCCCCCC(=O)O. The second-order valence-corrected chi connectivity index (χ2v) is 7.46. The smallest absolute Gasteiger partial charge is 0.319 e. The molecule has 0 bridgehead atoms. The standard InChI is InChI=1S/C21H42N2O3/c1-4-22(2)21(26)23(3)19-17-15-13-11-9-7-5-6-8-10-12-14-16-18-20(24)25/h4-19H2,1-3H3,(H,24,25). The molecule has 0 aliphatic rings. The van der Waals surface area contributed by atoms with Crippen LogP contribution < -0.4 is 0 Å². The van der Waals surface area contributed by atoms with Crippen molar-refractivity contribution in [1.29, 1.82) is 0 Å². The average molecular weight is 371 g/mol. The molecule has 0 spiro atoms. The first kappa shape index (κ1) is 24.7. The molecule has 0 fully saturated rings. The van der Waals surface area contributed by atoms with E-state index >= 15 is 0 Å². The van der Waals surface area contributed by atoms with E-state index in [9.17, 15) is 9.59 Å². The van der Waals surface area contributed by atoms with Gasteiger partial charge in [0.25, 0.3) is 0 Å². The highest BCUT2D eigenvalue weighted by molar-refractivity contribution is 5.73. The Kier molecular flexibility index (Phi) is 16.3. The molecule has 1 N–H and O–H groups in total. The van der Waals surface area contributed by atoms with E-state index in [0.717, 1.165) is 32.4 Å². The summed E-state index contributed by atoms with van der Waals surface area (Å²) in [5.41, 5.74) is 0. The van der Waals surface area contributed by atoms with Gasteiger partial charge in [-0.1, -0.05) is 70.6 Å². The number of amides is 2. The third-order valence-corrected chi connectivity index (χ3v) is 5.01. The molecular formula is C21H42N2O3. The zero-order chi connectivity index (χ0) is 19.6. The van der Waals surface area contributed by atoms with E-state index in [4.69, 9.17) is 5.11 Å². The number of carboxylic acid groups (broad SMARTS) is 1. The van der Waals surface area contributed by atoms with E-state index in [2.05, 4.69) is 0 Å². The average Bonchev–Trinajstić information content (AvgIpc) is 2.63. The summed E-state index contributed by atoms with van der Waals surface area (Å²) in [5.74, 6) is -0.672. The van der Waals surface area contributed by atoms with Crippen LogP contribution in [0, 0.1) is 0 Å². The minimum Gasteiger partial charge on any atom is -0.481 e. The summed E-state index contributed by atoms with van der Waals surface area (Å²) < 4.78 is 0. The minimum atomic E-state index is -0.672. The third-order valence-electron chi connectivity index (χ3n) is 5.01. The van der Waals surface area contributed by atoms with Crippen LogP contribution in [-0.4, -0.2) is 54.1 Å². The quantitative estimate of drug-likeness (QED) is 0.342. The van der Waals surface area contributed by atoms with Crippen molar-refractivity contribution in [3.63, 3.8) is 0 Å². The number of hydrogen-bond acceptors (Lipinski definition) is 2. The molecule has 0 aromatic heterocycles. The van der Waals surface area contributed by atoms with E-state index in [-0.39, 0.29) is 6.03 Å². The van der Waals surface area contributed by atoms with Crippen molar-refractivity contribution in [2.24, 2.45) is 0 Å². The largest absolute Gasteiger partial charge is 0.481 e. The molecule has 0 saturated carbocycles. The van der Waals surface area contributed by atoms with Crippen LogP contribution in [-0.2, 0) is 4.79 Å². The Hall–Kier alpha value is -1.26. The number of urea groups is 1. The summed E-state index contributed by atoms with van der Waals surface area (Å²) in [5, 5.41) is 8.56. The van der Waals surface area contributed by atoms with E-state index in [1.807, 2.05) is 25.9 Å². The molecule has 0 aromatic rings. The Morgan fingerprint density at radius 3 is 1.42 bits per heavy atom. The Morgan fingerprint density at radius 1 is 0.654 bits per heavy atom. The Balaban J connectivity index is 3.24. The lowest BCUT2D eigenvalue weighted by Gasteiger charge is -2.23. The molecule has 0 unspecified atom stereocenters. The highest BCUT2D eigenvalue weighted by Gasteiger charge is 2.11. The van der Waals surface area contributed by atoms with Crippen LogP contribution in [0.3, 0.4) is 0 Å². The predicted octanol–water partition coefficient (Wildman–Crippen LogP) is 5.54. The molecule has 154 valence electrons. The number of nitrogens with zero attached hydrogens (tertiary/aromatic N) is 2. The molecular weight excluding hydrogens is 328 g/mol. The van der Waals surface area contributed by atoms with Gasteiger partial charge in [0.05, 0.1) is 0 Å². The Labute approximate surface area is 161 Å². The molecule has 0 radical (unpaired) electrons. The van der Waals surface area contributed by atoms with Gasteiger partial charge in [0, 0.05) is 33.6 Å². The van der Waals surface area contributed by atoms with Gasteiger partial charge in [-0.3, -0.25) is 4.79 Å². The first-order chi connectivity index (χ1) is 12.5. The van der Waals surface area contributed by atoms with Crippen molar-refractivity contribution < 1.29 is 14.7 Å². The molecule has 0 rings (SSSR count). The molecule has 5 heteroatoms. The third kappa shape index (κ3) is 15.0. The van der Waals surface area contributed by atoms with Crippen LogP contribution in [0.25, 0.3) is 0 Å². The second-order valence-electron chi connectivity index (χ2n) is 7.46. The molecule has 0 aromatic carbocycles. The molecule has 26 heavy (non-hydrogen) atoms. The summed E-state index contributed by atoms with van der Waals surface area (Å²) in [6.45, 7) is 3.61. The van der Waals surface area contributed by atoms with Gasteiger partial charge in [0.15, 0.2) is 0 Å². The van der Waals surface area contributed by atoms with E-state index < -0.39 is 5.97 Å². The maximum absolute atomic E-state index is 11.9. The van der Waals surface area contributed by atoms with Crippen molar-refractivity contribution in [3.05, 3.63) is 0 Å². The summed E-state index contributed by atoms with van der Waals surface area (Å²) in [4.78, 5) is 25.9. The van der Waals surface area contributed by atoms with Gasteiger partial charge >= 0.3 is 12.0 Å². The first-order valence-corrected chi connectivity index (χ1v) is 10.7. The van der Waals surface area contributed by atoms with Gasteiger partial charge in [0.2, 0.25) is 0 Å². The summed E-state index contributed by atoms with van der Waals surface area (Å²) in [6, 6.07) is 0.120. The van der Waals surface area contributed by atoms with E-state index in [1.165, 1.54) is 64.2 Å². The molecule has 0 atom stereocenters. The molecule has 0 heterocycles. The van der Waals surface area contributed by atoms with Crippen LogP contribution in [0.2, 0.25) is 0 Å². The first-order valence-electron chi connectivity index (χ1n) is 10.7. The van der Waals surface area contributed by atoms with Gasteiger partial charge < -0.3 is 14.9 Å². The minimum absolute atomic E-state index is 0.120. The Bertz CT molecular complexity index is 361. The fourth-order valence-electron chi connectivity index (χ4n) is 3.09. The zero-order valence-electron chi connectivity index (χ0n) is 17.5. The second kappa shape index (κ2) is 17.2. The highest BCUT2D eigenvalue weighted by Crippen LogP contribution is 2.13. The number of hydrogen-bond donors (Lipinski definition) is 1. The predicted molar refractivity (Wildman–Crippen MR) is 109 cm³/mol. The fourth-order valence-corrected chi connectivity index (χ4v) is 3.09. The van der Waals surface area contributed by atoms with Crippen molar-refractivity contribution in [3.8, 4) is 0 Å². The fraction of sp³-hybridized carbons (Fsp3) is 0.905. The van der Waals surface area contributed by atoms with Crippen molar-refractivity contribution >= 4 is 12.0 Å². The van der Waals surface area contributed by atoms with E-state index in [1.54, 1.807) is 4.90 Å². The number of carbonyl (C=O) groups is 2.